The minimum absolute atomic E-state index is 0.111. The number of hydrogen-bond donors (Lipinski definition) is 1. The number of hydroxylamine groups is 2. The van der Waals surface area contributed by atoms with Gasteiger partial charge < -0.3 is 0 Å². The van der Waals surface area contributed by atoms with E-state index in [0.717, 1.165) is 11.5 Å². The van der Waals surface area contributed by atoms with E-state index < -0.39 is 0 Å². The average Bonchev–Trinajstić information content (AvgIpc) is 2.41. The van der Waals surface area contributed by atoms with E-state index in [1.807, 2.05) is 0 Å². The summed E-state index contributed by atoms with van der Waals surface area (Å²) in [7, 11) is 0. The molecule has 1 unspecified atom stereocenters. The summed E-state index contributed by atoms with van der Waals surface area (Å²) in [6.07, 6.45) is 6.61. The molecular weight excluding hydrogens is 166 g/mol. The Labute approximate surface area is 79.7 Å². The molecule has 0 aromatic heterocycles. The number of carbonyl (C=O) groups excluding carboxylic acids is 1. The molecule has 0 saturated carbocycles. The fourth-order valence-electron chi connectivity index (χ4n) is 1.82. The van der Waals surface area contributed by atoms with Crippen LogP contribution in [0.1, 0.15) is 45.4 Å². The molecule has 1 atom stereocenters. The Hall–Kier alpha value is -0.570. The summed E-state index contributed by atoms with van der Waals surface area (Å²) in [5, 5.41) is 9.92. The van der Waals surface area contributed by atoms with Gasteiger partial charge in [-0.2, -0.15) is 0 Å². The molecule has 0 aliphatic carbocycles. The molecule has 76 valence electrons. The Balaban J connectivity index is 2.07. The first-order valence-corrected chi connectivity index (χ1v) is 5.23. The third-order valence-corrected chi connectivity index (χ3v) is 2.65. The number of hydrogen-bond acceptors (Lipinski definition) is 2. The normalized spacial score (nSPS) is 22.8. The summed E-state index contributed by atoms with van der Waals surface area (Å²) in [6, 6.07) is 0. The van der Waals surface area contributed by atoms with Crippen LogP contribution in [0.15, 0.2) is 0 Å². The maximum Gasteiger partial charge on any atom is 0.246 e. The summed E-state index contributed by atoms with van der Waals surface area (Å²) in [5.41, 5.74) is 0. The zero-order valence-electron chi connectivity index (χ0n) is 8.33. The largest absolute Gasteiger partial charge is 0.286 e. The SMILES string of the molecule is CCCCCCC1CC(=O)N(O)C1. The van der Waals surface area contributed by atoms with Crippen molar-refractivity contribution in [1.29, 1.82) is 0 Å². The Bertz CT molecular complexity index is 170. The predicted molar refractivity (Wildman–Crippen MR) is 50.4 cm³/mol. The van der Waals surface area contributed by atoms with Crippen LogP contribution < -0.4 is 0 Å². The second-order valence-corrected chi connectivity index (χ2v) is 3.90. The minimum Gasteiger partial charge on any atom is -0.286 e. The van der Waals surface area contributed by atoms with Crippen molar-refractivity contribution in [3.63, 3.8) is 0 Å². The molecule has 1 amide bonds. The molecule has 0 spiro atoms. The van der Waals surface area contributed by atoms with Crippen molar-refractivity contribution in [1.82, 2.24) is 5.06 Å². The molecule has 1 aliphatic rings. The molecule has 3 heteroatoms. The van der Waals surface area contributed by atoms with Gasteiger partial charge in [0.2, 0.25) is 5.91 Å². The van der Waals surface area contributed by atoms with E-state index in [2.05, 4.69) is 6.92 Å². The van der Waals surface area contributed by atoms with Crippen molar-refractivity contribution in [3.05, 3.63) is 0 Å². The van der Waals surface area contributed by atoms with Gasteiger partial charge in [0.25, 0.3) is 0 Å². The highest BCUT2D eigenvalue weighted by Gasteiger charge is 2.27. The van der Waals surface area contributed by atoms with Gasteiger partial charge in [-0.3, -0.25) is 10.0 Å². The maximum absolute atomic E-state index is 10.9. The van der Waals surface area contributed by atoms with Crippen LogP contribution in [0.25, 0.3) is 0 Å². The Morgan fingerprint density at radius 3 is 2.77 bits per heavy atom. The molecular formula is C10H19NO2. The average molecular weight is 185 g/mol. The summed E-state index contributed by atoms with van der Waals surface area (Å²) in [4.78, 5) is 10.9. The third-order valence-electron chi connectivity index (χ3n) is 2.65. The summed E-state index contributed by atoms with van der Waals surface area (Å²) in [6.45, 7) is 2.74. The van der Waals surface area contributed by atoms with Crippen molar-refractivity contribution in [2.75, 3.05) is 6.54 Å². The van der Waals surface area contributed by atoms with Gasteiger partial charge in [0.15, 0.2) is 0 Å². The lowest BCUT2D eigenvalue weighted by Crippen LogP contribution is -2.19. The minimum atomic E-state index is -0.111. The first-order valence-electron chi connectivity index (χ1n) is 5.23. The van der Waals surface area contributed by atoms with Gasteiger partial charge in [-0.25, -0.2) is 5.06 Å². The Morgan fingerprint density at radius 2 is 2.23 bits per heavy atom. The number of amides is 1. The van der Waals surface area contributed by atoms with Crippen molar-refractivity contribution in [3.8, 4) is 0 Å². The van der Waals surface area contributed by atoms with Crippen molar-refractivity contribution < 1.29 is 10.0 Å². The third kappa shape index (κ3) is 3.35. The van der Waals surface area contributed by atoms with E-state index in [4.69, 9.17) is 5.21 Å². The van der Waals surface area contributed by atoms with E-state index in [0.29, 0.717) is 18.9 Å². The van der Waals surface area contributed by atoms with Crippen LogP contribution in [0.4, 0.5) is 0 Å². The lowest BCUT2D eigenvalue weighted by molar-refractivity contribution is -0.157. The lowest BCUT2D eigenvalue weighted by atomic mass is 10.0. The fourth-order valence-corrected chi connectivity index (χ4v) is 1.82. The molecule has 13 heavy (non-hydrogen) atoms. The summed E-state index contributed by atoms with van der Waals surface area (Å²) in [5.74, 6) is 0.287. The van der Waals surface area contributed by atoms with Crippen LogP contribution in [0.3, 0.4) is 0 Å². The molecule has 0 radical (unpaired) electrons. The molecule has 1 fully saturated rings. The number of unbranched alkanes of at least 4 members (excludes halogenated alkanes) is 3. The predicted octanol–water partition coefficient (Wildman–Crippen LogP) is 2.19. The molecule has 3 nitrogen and oxygen atoms in total. The van der Waals surface area contributed by atoms with Crippen LogP contribution in [0.5, 0.6) is 0 Å². The molecule has 0 aromatic carbocycles. The van der Waals surface area contributed by atoms with E-state index in [-0.39, 0.29) is 5.91 Å². The zero-order valence-corrected chi connectivity index (χ0v) is 8.33. The van der Waals surface area contributed by atoms with Crippen molar-refractivity contribution >= 4 is 5.91 Å². The topological polar surface area (TPSA) is 40.5 Å². The van der Waals surface area contributed by atoms with E-state index in [1.165, 1.54) is 25.7 Å². The van der Waals surface area contributed by atoms with Gasteiger partial charge in [0, 0.05) is 6.42 Å². The molecule has 1 heterocycles. The number of nitrogens with zero attached hydrogens (tertiary/aromatic N) is 1. The van der Waals surface area contributed by atoms with Gasteiger partial charge in [0.05, 0.1) is 6.54 Å². The molecule has 1 aliphatic heterocycles. The lowest BCUT2D eigenvalue weighted by Gasteiger charge is -2.07. The van der Waals surface area contributed by atoms with Crippen LogP contribution >= 0.6 is 0 Å². The Morgan fingerprint density at radius 1 is 1.46 bits per heavy atom. The maximum atomic E-state index is 10.9. The quantitative estimate of drug-likeness (QED) is 0.527. The van der Waals surface area contributed by atoms with Crippen molar-refractivity contribution in [2.45, 2.75) is 45.4 Å². The number of rotatable bonds is 5. The van der Waals surface area contributed by atoms with E-state index >= 15 is 0 Å². The van der Waals surface area contributed by atoms with Gasteiger partial charge in [-0.1, -0.05) is 32.6 Å². The number of carbonyl (C=O) groups is 1. The van der Waals surface area contributed by atoms with Gasteiger partial charge in [0.1, 0.15) is 0 Å². The van der Waals surface area contributed by atoms with Gasteiger partial charge in [-0.15, -0.1) is 0 Å². The highest BCUT2D eigenvalue weighted by atomic mass is 16.5. The second kappa shape index (κ2) is 5.22. The zero-order chi connectivity index (χ0) is 9.68. The van der Waals surface area contributed by atoms with E-state index in [1.54, 1.807) is 0 Å². The summed E-state index contributed by atoms with van der Waals surface area (Å²) < 4.78 is 0. The second-order valence-electron chi connectivity index (χ2n) is 3.90. The van der Waals surface area contributed by atoms with Gasteiger partial charge in [-0.05, 0) is 12.3 Å². The van der Waals surface area contributed by atoms with E-state index in [9.17, 15) is 4.79 Å². The van der Waals surface area contributed by atoms with Gasteiger partial charge >= 0.3 is 0 Å². The van der Waals surface area contributed by atoms with Crippen LogP contribution in [-0.2, 0) is 4.79 Å². The Kier molecular flexibility index (Phi) is 4.22. The molecule has 0 aromatic rings. The summed E-state index contributed by atoms with van der Waals surface area (Å²) >= 11 is 0. The standard InChI is InChI=1S/C10H19NO2/c1-2-3-4-5-6-9-7-10(12)11(13)8-9/h9,13H,2-8H2,1H3. The highest BCUT2D eigenvalue weighted by molar-refractivity contribution is 5.77. The first kappa shape index (κ1) is 10.5. The molecule has 1 saturated heterocycles. The van der Waals surface area contributed by atoms with Crippen LogP contribution in [-0.4, -0.2) is 22.7 Å². The first-order chi connectivity index (χ1) is 6.24. The molecule has 1 rings (SSSR count). The monoisotopic (exact) mass is 185 g/mol. The molecule has 1 N–H and O–H groups in total. The van der Waals surface area contributed by atoms with Crippen LogP contribution in [0, 0.1) is 5.92 Å². The smallest absolute Gasteiger partial charge is 0.246 e. The van der Waals surface area contributed by atoms with Crippen LogP contribution in [0.2, 0.25) is 0 Å². The molecule has 0 bridgehead atoms. The van der Waals surface area contributed by atoms with Crippen molar-refractivity contribution in [2.24, 2.45) is 5.92 Å². The fraction of sp³-hybridized carbons (Fsp3) is 0.900. The highest BCUT2D eigenvalue weighted by Crippen LogP contribution is 2.21.